The van der Waals surface area contributed by atoms with Gasteiger partial charge in [-0.3, -0.25) is 9.79 Å². The average Bonchev–Trinajstić information content (AvgIpc) is 3.41. The average molecular weight is 485 g/mol. The lowest BCUT2D eigenvalue weighted by atomic mass is 9.41. The Balaban J connectivity index is 1.38. The fourth-order valence-electron chi connectivity index (χ4n) is 11.3. The van der Waals surface area contributed by atoms with Crippen LogP contribution in [0.15, 0.2) is 4.99 Å². The molecule has 6 aliphatic rings. The molecule has 0 bridgehead atoms. The Morgan fingerprint density at radius 3 is 2.40 bits per heavy atom. The number of Topliss-reactive ketones (excluding diaryl/α,β-unsaturated/α-hetero) is 1. The van der Waals surface area contributed by atoms with E-state index in [0.29, 0.717) is 36.0 Å². The molecule has 5 heteroatoms. The molecule has 0 aromatic rings. The molecule has 35 heavy (non-hydrogen) atoms. The van der Waals surface area contributed by atoms with Gasteiger partial charge in [-0.05, 0) is 87.6 Å². The van der Waals surface area contributed by atoms with Gasteiger partial charge in [0.1, 0.15) is 5.78 Å². The lowest BCUT2D eigenvalue weighted by Crippen LogP contribution is -2.62. The molecular weight excluding hydrogens is 436 g/mol. The number of aliphatic hydroxyl groups excluding tert-OH is 1. The van der Waals surface area contributed by atoms with E-state index in [9.17, 15) is 9.90 Å². The van der Waals surface area contributed by atoms with Crippen LogP contribution in [-0.2, 0) is 9.53 Å². The Morgan fingerprint density at radius 1 is 1.06 bits per heavy atom. The summed E-state index contributed by atoms with van der Waals surface area (Å²) in [5.74, 6) is 2.85. The van der Waals surface area contributed by atoms with Gasteiger partial charge < -0.3 is 14.7 Å². The van der Waals surface area contributed by atoms with E-state index in [1.54, 1.807) is 0 Å². The second kappa shape index (κ2) is 7.12. The lowest BCUT2D eigenvalue weighted by Gasteiger charge is -2.63. The van der Waals surface area contributed by atoms with Crippen molar-refractivity contribution in [3.8, 4) is 0 Å². The molecule has 0 saturated heterocycles. The Morgan fingerprint density at radius 2 is 1.74 bits per heavy atom. The molecule has 0 radical (unpaired) electrons. The summed E-state index contributed by atoms with van der Waals surface area (Å²) in [5.41, 5.74) is -0.147. The number of hydrogen-bond donors (Lipinski definition) is 1. The fourth-order valence-corrected chi connectivity index (χ4v) is 11.3. The smallest absolute Gasteiger partial charge is 0.186 e. The molecule has 0 amide bonds. The van der Waals surface area contributed by atoms with Gasteiger partial charge in [-0.25, -0.2) is 0 Å². The number of nitrogens with zero attached hydrogens (tertiary/aromatic N) is 2. The molecule has 6 rings (SSSR count). The van der Waals surface area contributed by atoms with E-state index >= 15 is 0 Å². The van der Waals surface area contributed by atoms with Gasteiger partial charge >= 0.3 is 0 Å². The molecule has 5 saturated carbocycles. The maximum Gasteiger partial charge on any atom is 0.186 e. The van der Waals surface area contributed by atoms with Crippen LogP contribution in [0.2, 0.25) is 0 Å². The van der Waals surface area contributed by atoms with Crippen molar-refractivity contribution in [3.63, 3.8) is 0 Å². The zero-order chi connectivity index (χ0) is 25.3. The highest BCUT2D eigenvalue weighted by Gasteiger charge is 2.86. The van der Waals surface area contributed by atoms with Gasteiger partial charge in [-0.15, -0.1) is 0 Å². The van der Waals surface area contributed by atoms with Crippen molar-refractivity contribution in [1.82, 2.24) is 4.90 Å². The van der Waals surface area contributed by atoms with Crippen molar-refractivity contribution in [2.75, 3.05) is 20.7 Å². The summed E-state index contributed by atoms with van der Waals surface area (Å²) >= 11 is 0. The van der Waals surface area contributed by atoms with Crippen LogP contribution in [-0.4, -0.2) is 60.6 Å². The van der Waals surface area contributed by atoms with Crippen molar-refractivity contribution in [2.45, 2.75) is 105 Å². The summed E-state index contributed by atoms with van der Waals surface area (Å²) in [6, 6.07) is 0.585. The van der Waals surface area contributed by atoms with Gasteiger partial charge in [-0.1, -0.05) is 34.6 Å². The monoisotopic (exact) mass is 484 g/mol. The van der Waals surface area contributed by atoms with E-state index < -0.39 is 0 Å². The van der Waals surface area contributed by atoms with E-state index in [4.69, 9.17) is 9.73 Å². The maximum absolute atomic E-state index is 14.4. The van der Waals surface area contributed by atoms with Crippen LogP contribution in [0, 0.1) is 50.7 Å². The Bertz CT molecular complexity index is 977. The first kappa shape index (κ1) is 24.4. The van der Waals surface area contributed by atoms with Crippen LogP contribution in [0.1, 0.15) is 86.5 Å². The summed E-state index contributed by atoms with van der Waals surface area (Å²) < 4.78 is 6.29. The fraction of sp³-hybridized carbons (Fsp3) is 0.933. The molecule has 5 aliphatic carbocycles. The largest absolute Gasteiger partial charge is 0.480 e. The molecule has 1 N–H and O–H groups in total. The van der Waals surface area contributed by atoms with Gasteiger partial charge in [-0.2, -0.15) is 0 Å². The predicted molar refractivity (Wildman–Crippen MR) is 138 cm³/mol. The topological polar surface area (TPSA) is 62.1 Å². The number of aliphatic imine (C=N–C) groups is 1. The molecule has 0 aromatic carbocycles. The third-order valence-electron chi connectivity index (χ3n) is 13.3. The van der Waals surface area contributed by atoms with Crippen molar-refractivity contribution >= 4 is 11.7 Å². The number of carbonyl (C=O) groups excluding carboxylic acids is 1. The van der Waals surface area contributed by atoms with E-state index in [1.165, 1.54) is 6.42 Å². The molecule has 1 unspecified atom stereocenters. The molecule has 5 fully saturated rings. The van der Waals surface area contributed by atoms with Crippen LogP contribution in [0.4, 0.5) is 0 Å². The number of fused-ring (bicyclic) bond motifs is 4. The van der Waals surface area contributed by atoms with Gasteiger partial charge in [0, 0.05) is 35.1 Å². The van der Waals surface area contributed by atoms with Gasteiger partial charge in [0.05, 0.1) is 18.8 Å². The molecule has 2 spiro atoms. The summed E-state index contributed by atoms with van der Waals surface area (Å²) in [4.78, 5) is 21.8. The summed E-state index contributed by atoms with van der Waals surface area (Å²) in [6.07, 6.45) is 6.75. The number of ketones is 1. The van der Waals surface area contributed by atoms with Crippen LogP contribution < -0.4 is 0 Å². The van der Waals surface area contributed by atoms with Crippen molar-refractivity contribution < 1.29 is 14.6 Å². The number of rotatable bonds is 3. The predicted octanol–water partition coefficient (Wildman–Crippen LogP) is 4.96. The molecule has 1 heterocycles. The highest BCUT2D eigenvalue weighted by Crippen LogP contribution is 2.88. The van der Waals surface area contributed by atoms with Crippen molar-refractivity contribution in [2.24, 2.45) is 55.7 Å². The summed E-state index contributed by atoms with van der Waals surface area (Å²) in [7, 11) is 4.23. The Hall–Kier alpha value is -0.940. The molecule has 196 valence electrons. The van der Waals surface area contributed by atoms with E-state index in [1.807, 2.05) is 0 Å². The third-order valence-corrected chi connectivity index (χ3v) is 13.3. The standard InChI is InChI=1S/C30H48N2O3/c1-17(2)25-31-22-11-12-29-15-30(29)21(10-9-20(29)26(22,4)16-35-25)27(5)13-19(33)24(18(3)32(7)8)28(27,6)14-23(30)34/h17-22,24,33H,9-16H2,1-8H3/t18-,19+,20-,21-,22-,24-,26-,27-,28+,29?,30-/m0/s1. The van der Waals surface area contributed by atoms with Gasteiger partial charge in [0.2, 0.25) is 0 Å². The highest BCUT2D eigenvalue weighted by atomic mass is 16.5. The van der Waals surface area contributed by atoms with Gasteiger partial charge in [0.25, 0.3) is 0 Å². The van der Waals surface area contributed by atoms with Crippen LogP contribution in [0.5, 0.6) is 0 Å². The highest BCUT2D eigenvalue weighted by molar-refractivity contribution is 5.92. The SMILES string of the molecule is CC(C)C1=N[C@H]2CCC34C[C@]35C(=O)C[C@]3(C)[C@@H]([C@H](C)N(C)C)[C@H](O)C[C@@]3(C)[C@@H]5CC[C@H]4[C@]2(C)CO1. The molecule has 5 nitrogen and oxygen atoms in total. The van der Waals surface area contributed by atoms with Crippen LogP contribution >= 0.6 is 0 Å². The maximum atomic E-state index is 14.4. The van der Waals surface area contributed by atoms with Crippen LogP contribution in [0.3, 0.4) is 0 Å². The Labute approximate surface area is 212 Å². The second-order valence-corrected chi connectivity index (χ2v) is 14.9. The lowest BCUT2D eigenvalue weighted by molar-refractivity contribution is -0.172. The number of carbonyl (C=O) groups is 1. The first-order valence-corrected chi connectivity index (χ1v) is 14.4. The number of ether oxygens (including phenoxy) is 1. The minimum Gasteiger partial charge on any atom is -0.480 e. The number of hydrogen-bond acceptors (Lipinski definition) is 5. The quantitative estimate of drug-likeness (QED) is 0.615. The van der Waals surface area contributed by atoms with Crippen LogP contribution in [0.25, 0.3) is 0 Å². The van der Waals surface area contributed by atoms with Gasteiger partial charge in [0.15, 0.2) is 5.90 Å². The minimum atomic E-state index is -0.332. The zero-order valence-corrected chi connectivity index (χ0v) is 23.4. The molecule has 1 aliphatic heterocycles. The minimum absolute atomic E-state index is 0.00746. The van der Waals surface area contributed by atoms with Crippen molar-refractivity contribution in [1.29, 1.82) is 0 Å². The number of aliphatic hydroxyl groups is 1. The molecule has 0 aromatic heterocycles. The van der Waals surface area contributed by atoms with E-state index in [2.05, 4.69) is 60.5 Å². The molecular formula is C30H48N2O3. The van der Waals surface area contributed by atoms with E-state index in [0.717, 1.165) is 44.6 Å². The summed E-state index contributed by atoms with van der Waals surface area (Å²) in [6.45, 7) is 14.6. The normalized spacial score (nSPS) is 55.2. The molecule has 11 atom stereocenters. The van der Waals surface area contributed by atoms with Crippen molar-refractivity contribution in [3.05, 3.63) is 0 Å². The first-order valence-electron chi connectivity index (χ1n) is 14.4. The summed E-state index contributed by atoms with van der Waals surface area (Å²) in [5, 5.41) is 11.5. The second-order valence-electron chi connectivity index (χ2n) is 14.9. The third kappa shape index (κ3) is 2.63. The Kier molecular flexibility index (Phi) is 4.97. The zero-order valence-electron chi connectivity index (χ0n) is 23.4. The van der Waals surface area contributed by atoms with E-state index in [-0.39, 0.29) is 45.1 Å². The first-order chi connectivity index (χ1) is 16.3.